The summed E-state index contributed by atoms with van der Waals surface area (Å²) in [5.74, 6) is -1.57. The lowest BCUT2D eigenvalue weighted by Crippen LogP contribution is -2.24. The number of benzene rings is 1. The number of nitrogens with zero attached hydrogens (tertiary/aromatic N) is 1. The lowest BCUT2D eigenvalue weighted by Gasteiger charge is -2.06. The summed E-state index contributed by atoms with van der Waals surface area (Å²) in [7, 11) is -3.73. The molecule has 8 nitrogen and oxygen atoms in total. The Morgan fingerprint density at radius 1 is 1.29 bits per heavy atom. The van der Waals surface area contributed by atoms with E-state index < -0.39 is 28.5 Å². The van der Waals surface area contributed by atoms with E-state index in [0.717, 1.165) is 0 Å². The van der Waals surface area contributed by atoms with Crippen LogP contribution in [-0.4, -0.2) is 33.4 Å². The zero-order valence-electron chi connectivity index (χ0n) is 10.9. The van der Waals surface area contributed by atoms with Crippen LogP contribution in [-0.2, 0) is 19.6 Å². The van der Waals surface area contributed by atoms with Gasteiger partial charge in [-0.1, -0.05) is 0 Å². The number of rotatable bonds is 7. The molecule has 0 bridgehead atoms. The Kier molecular flexibility index (Phi) is 5.83. The third-order valence-corrected chi connectivity index (χ3v) is 3.75. The number of carbonyl (C=O) groups is 2. The van der Waals surface area contributed by atoms with E-state index in [1.807, 2.05) is 6.07 Å². The fraction of sp³-hybridized carbons (Fsp3) is 0.250. The van der Waals surface area contributed by atoms with Crippen molar-refractivity contribution >= 4 is 21.9 Å². The molecule has 0 unspecified atom stereocenters. The van der Waals surface area contributed by atoms with Crippen molar-refractivity contribution in [3.8, 4) is 6.07 Å². The molecule has 0 atom stereocenters. The average molecular weight is 311 g/mol. The van der Waals surface area contributed by atoms with Gasteiger partial charge in [0.15, 0.2) is 6.61 Å². The molecule has 1 rings (SSSR count). The Hall–Kier alpha value is -2.44. The number of primary amides is 1. The zero-order valence-corrected chi connectivity index (χ0v) is 11.7. The molecule has 0 heterocycles. The van der Waals surface area contributed by atoms with Crippen molar-refractivity contribution in [2.24, 2.45) is 5.73 Å². The Bertz CT molecular complexity index is 661. The fourth-order valence-corrected chi connectivity index (χ4v) is 2.35. The van der Waals surface area contributed by atoms with Gasteiger partial charge in [0.2, 0.25) is 10.0 Å². The number of nitriles is 1. The number of carbonyl (C=O) groups excluding carboxylic acids is 2. The van der Waals surface area contributed by atoms with Gasteiger partial charge in [0.05, 0.1) is 16.5 Å². The Morgan fingerprint density at radius 2 is 1.90 bits per heavy atom. The first kappa shape index (κ1) is 16.6. The van der Waals surface area contributed by atoms with Gasteiger partial charge in [0.1, 0.15) is 0 Å². The van der Waals surface area contributed by atoms with Crippen LogP contribution in [0.15, 0.2) is 29.2 Å². The first-order valence-corrected chi connectivity index (χ1v) is 7.27. The van der Waals surface area contributed by atoms with Crippen LogP contribution in [0.1, 0.15) is 16.8 Å². The van der Waals surface area contributed by atoms with E-state index in [2.05, 4.69) is 9.46 Å². The minimum Gasteiger partial charge on any atom is -0.452 e. The fourth-order valence-electron chi connectivity index (χ4n) is 1.31. The summed E-state index contributed by atoms with van der Waals surface area (Å²) in [5.41, 5.74) is 4.92. The van der Waals surface area contributed by atoms with Gasteiger partial charge in [-0.2, -0.15) is 5.26 Å². The molecule has 21 heavy (non-hydrogen) atoms. The summed E-state index contributed by atoms with van der Waals surface area (Å²) in [6.45, 7) is -0.546. The molecule has 0 aliphatic rings. The second kappa shape index (κ2) is 7.37. The number of hydrogen-bond donors (Lipinski definition) is 2. The summed E-state index contributed by atoms with van der Waals surface area (Å²) < 4.78 is 30.4. The molecule has 0 radical (unpaired) electrons. The quantitative estimate of drug-likeness (QED) is 0.515. The molecule has 0 saturated heterocycles. The topological polar surface area (TPSA) is 139 Å². The number of sulfonamides is 1. The number of ether oxygens (including phenoxy) is 1. The largest absolute Gasteiger partial charge is 0.452 e. The second-order valence-electron chi connectivity index (χ2n) is 3.87. The lowest BCUT2D eigenvalue weighted by molar-refractivity contribution is -0.121. The van der Waals surface area contributed by atoms with E-state index in [1.165, 1.54) is 24.3 Å². The predicted molar refractivity (Wildman–Crippen MR) is 71.3 cm³/mol. The van der Waals surface area contributed by atoms with Crippen molar-refractivity contribution in [1.82, 2.24) is 4.72 Å². The normalized spacial score (nSPS) is 10.6. The maximum Gasteiger partial charge on any atom is 0.338 e. The van der Waals surface area contributed by atoms with Crippen LogP contribution < -0.4 is 10.5 Å². The van der Waals surface area contributed by atoms with Crippen LogP contribution in [0.5, 0.6) is 0 Å². The van der Waals surface area contributed by atoms with Gasteiger partial charge in [-0.05, 0) is 24.3 Å². The van der Waals surface area contributed by atoms with Crippen LogP contribution in [0.3, 0.4) is 0 Å². The van der Waals surface area contributed by atoms with Crippen molar-refractivity contribution in [2.75, 3.05) is 13.2 Å². The van der Waals surface area contributed by atoms with E-state index >= 15 is 0 Å². The van der Waals surface area contributed by atoms with Gasteiger partial charge < -0.3 is 10.5 Å². The smallest absolute Gasteiger partial charge is 0.338 e. The average Bonchev–Trinajstić information content (AvgIpc) is 2.45. The number of amides is 1. The molecule has 1 aromatic rings. The highest BCUT2D eigenvalue weighted by atomic mass is 32.2. The summed E-state index contributed by atoms with van der Waals surface area (Å²) in [5, 5.41) is 8.35. The first-order valence-electron chi connectivity index (χ1n) is 5.79. The van der Waals surface area contributed by atoms with Crippen LogP contribution in [0.4, 0.5) is 0 Å². The third-order valence-electron chi connectivity index (χ3n) is 2.27. The van der Waals surface area contributed by atoms with Gasteiger partial charge in [-0.3, -0.25) is 4.79 Å². The van der Waals surface area contributed by atoms with Crippen LogP contribution in [0, 0.1) is 11.3 Å². The molecule has 0 aliphatic heterocycles. The molecule has 112 valence electrons. The molecule has 0 spiro atoms. The number of esters is 1. The van der Waals surface area contributed by atoms with Gasteiger partial charge in [-0.15, -0.1) is 0 Å². The second-order valence-corrected chi connectivity index (χ2v) is 5.64. The SMILES string of the molecule is N#CCCNS(=O)(=O)c1ccc(C(=O)OCC(N)=O)cc1. The van der Waals surface area contributed by atoms with Crippen molar-refractivity contribution in [1.29, 1.82) is 5.26 Å². The van der Waals surface area contributed by atoms with Gasteiger partial charge in [-0.25, -0.2) is 17.9 Å². The third kappa shape index (κ3) is 5.21. The maximum absolute atomic E-state index is 11.8. The molecule has 0 fully saturated rings. The van der Waals surface area contributed by atoms with Crippen molar-refractivity contribution < 1.29 is 22.7 Å². The summed E-state index contributed by atoms with van der Waals surface area (Å²) >= 11 is 0. The molecule has 3 N–H and O–H groups in total. The molecule has 9 heteroatoms. The van der Waals surface area contributed by atoms with Crippen LogP contribution >= 0.6 is 0 Å². The molecule has 1 amide bonds. The number of hydrogen-bond acceptors (Lipinski definition) is 6. The highest BCUT2D eigenvalue weighted by molar-refractivity contribution is 7.89. The Balaban J connectivity index is 2.76. The summed E-state index contributed by atoms with van der Waals surface area (Å²) in [6.07, 6.45) is 0.0523. The van der Waals surface area contributed by atoms with Gasteiger partial charge in [0, 0.05) is 13.0 Å². The van der Waals surface area contributed by atoms with Crippen molar-refractivity contribution in [3.05, 3.63) is 29.8 Å². The molecule has 0 aliphatic carbocycles. The molecule has 1 aromatic carbocycles. The molecule has 0 aromatic heterocycles. The van der Waals surface area contributed by atoms with Crippen molar-refractivity contribution in [2.45, 2.75) is 11.3 Å². The van der Waals surface area contributed by atoms with Gasteiger partial charge in [0.25, 0.3) is 5.91 Å². The van der Waals surface area contributed by atoms with E-state index in [4.69, 9.17) is 11.0 Å². The Morgan fingerprint density at radius 3 is 2.43 bits per heavy atom. The van der Waals surface area contributed by atoms with E-state index in [-0.39, 0.29) is 23.4 Å². The highest BCUT2D eigenvalue weighted by Crippen LogP contribution is 2.11. The lowest BCUT2D eigenvalue weighted by atomic mass is 10.2. The minimum atomic E-state index is -3.73. The highest BCUT2D eigenvalue weighted by Gasteiger charge is 2.15. The predicted octanol–water partition coefficient (Wildman–Crippen LogP) is -0.479. The molecular formula is C12H13N3O5S. The van der Waals surface area contributed by atoms with Gasteiger partial charge >= 0.3 is 5.97 Å². The van der Waals surface area contributed by atoms with E-state index in [0.29, 0.717) is 0 Å². The number of nitrogens with two attached hydrogens (primary N) is 1. The van der Waals surface area contributed by atoms with E-state index in [1.54, 1.807) is 0 Å². The maximum atomic E-state index is 11.8. The Labute approximate surface area is 121 Å². The monoisotopic (exact) mass is 311 g/mol. The standard InChI is InChI=1S/C12H13N3O5S/c13-6-1-7-15-21(18,19)10-4-2-9(3-5-10)12(17)20-8-11(14)16/h2-5,15H,1,7-8H2,(H2,14,16). The van der Waals surface area contributed by atoms with Crippen LogP contribution in [0.2, 0.25) is 0 Å². The first-order chi connectivity index (χ1) is 9.86. The summed E-state index contributed by atoms with van der Waals surface area (Å²) in [4.78, 5) is 21.9. The summed E-state index contributed by atoms with van der Waals surface area (Å²) in [6, 6.07) is 6.75. The number of nitrogens with one attached hydrogen (secondary N) is 1. The van der Waals surface area contributed by atoms with E-state index in [9.17, 15) is 18.0 Å². The molecule has 0 saturated carbocycles. The van der Waals surface area contributed by atoms with Crippen molar-refractivity contribution in [3.63, 3.8) is 0 Å². The minimum absolute atomic E-state index is 0.00123. The zero-order chi connectivity index (χ0) is 15.9. The molecular weight excluding hydrogens is 298 g/mol. The van der Waals surface area contributed by atoms with Crippen LogP contribution in [0.25, 0.3) is 0 Å².